The standard InChI is InChI=1S/C18H29N5O4/c1-10(2)18-22-21-16(27-18)6-13-7-19-17(25)14-5-12(8-23(13)14)20-15(24)9-26-11(3)4/h10-14H,5-9H2,1-4H3,(H,19,25)(H,20,24)/t12-,13+,14-/m0/s1. The van der Waals surface area contributed by atoms with E-state index >= 15 is 0 Å². The SMILES string of the molecule is CC(C)OCC(=O)N[C@H]1C[C@H]2C(=O)NC[C@@H](Cc3nnc(C(C)C)o3)N2C1. The van der Waals surface area contributed by atoms with E-state index in [0.717, 1.165) is 0 Å². The first kappa shape index (κ1) is 19.8. The normalized spacial score (nSPS) is 25.7. The number of fused-ring (bicyclic) bond motifs is 1. The zero-order valence-corrected chi connectivity index (χ0v) is 16.4. The molecule has 9 heteroatoms. The van der Waals surface area contributed by atoms with Gasteiger partial charge >= 0.3 is 0 Å². The van der Waals surface area contributed by atoms with Crippen LogP contribution in [-0.2, 0) is 20.7 Å². The lowest BCUT2D eigenvalue weighted by Gasteiger charge is -2.36. The third-order valence-electron chi connectivity index (χ3n) is 4.92. The summed E-state index contributed by atoms with van der Waals surface area (Å²) < 4.78 is 11.1. The summed E-state index contributed by atoms with van der Waals surface area (Å²) in [6.45, 7) is 8.98. The molecule has 3 rings (SSSR count). The molecule has 3 heterocycles. The van der Waals surface area contributed by atoms with Gasteiger partial charge in [-0.3, -0.25) is 14.5 Å². The topological polar surface area (TPSA) is 110 Å². The van der Waals surface area contributed by atoms with E-state index in [1.807, 2.05) is 27.7 Å². The first-order valence-corrected chi connectivity index (χ1v) is 9.60. The highest BCUT2D eigenvalue weighted by Crippen LogP contribution is 2.26. The second kappa shape index (κ2) is 8.35. The van der Waals surface area contributed by atoms with Gasteiger partial charge in [-0.25, -0.2) is 0 Å². The van der Waals surface area contributed by atoms with Crippen molar-refractivity contribution in [2.24, 2.45) is 0 Å². The first-order chi connectivity index (χ1) is 12.8. The number of aromatic nitrogens is 2. The molecule has 0 bridgehead atoms. The van der Waals surface area contributed by atoms with Crippen LogP contribution >= 0.6 is 0 Å². The molecule has 2 N–H and O–H groups in total. The van der Waals surface area contributed by atoms with E-state index in [4.69, 9.17) is 9.15 Å². The van der Waals surface area contributed by atoms with Crippen molar-refractivity contribution in [2.45, 2.75) is 70.7 Å². The van der Waals surface area contributed by atoms with Crippen LogP contribution in [0.25, 0.3) is 0 Å². The Labute approximate surface area is 159 Å². The highest BCUT2D eigenvalue weighted by molar-refractivity contribution is 5.83. The molecule has 0 unspecified atom stereocenters. The molecule has 1 aromatic rings. The smallest absolute Gasteiger partial charge is 0.246 e. The maximum atomic E-state index is 12.3. The van der Waals surface area contributed by atoms with E-state index in [1.54, 1.807) is 0 Å². The lowest BCUT2D eigenvalue weighted by molar-refractivity contribution is -0.129. The van der Waals surface area contributed by atoms with Gasteiger partial charge in [-0.15, -0.1) is 10.2 Å². The molecule has 0 aliphatic carbocycles. The molecule has 0 aromatic carbocycles. The zero-order chi connectivity index (χ0) is 19.6. The van der Waals surface area contributed by atoms with Gasteiger partial charge in [0.1, 0.15) is 6.61 Å². The molecular formula is C18H29N5O4. The number of rotatable bonds is 7. The first-order valence-electron chi connectivity index (χ1n) is 9.60. The van der Waals surface area contributed by atoms with E-state index in [9.17, 15) is 9.59 Å². The van der Waals surface area contributed by atoms with Gasteiger partial charge in [0.2, 0.25) is 23.6 Å². The largest absolute Gasteiger partial charge is 0.425 e. The summed E-state index contributed by atoms with van der Waals surface area (Å²) in [4.78, 5) is 26.5. The molecule has 2 amide bonds. The van der Waals surface area contributed by atoms with E-state index in [-0.39, 0.29) is 48.6 Å². The lowest BCUT2D eigenvalue weighted by Crippen LogP contribution is -2.58. The molecular weight excluding hydrogens is 350 g/mol. The van der Waals surface area contributed by atoms with Crippen LogP contribution in [0.3, 0.4) is 0 Å². The average molecular weight is 379 g/mol. The Balaban J connectivity index is 1.60. The Bertz CT molecular complexity index is 674. The van der Waals surface area contributed by atoms with Gasteiger partial charge in [-0.1, -0.05) is 13.8 Å². The van der Waals surface area contributed by atoms with Crippen molar-refractivity contribution in [1.29, 1.82) is 0 Å². The minimum Gasteiger partial charge on any atom is -0.425 e. The summed E-state index contributed by atoms with van der Waals surface area (Å²) in [6, 6.07) is -0.243. The zero-order valence-electron chi connectivity index (χ0n) is 16.4. The van der Waals surface area contributed by atoms with E-state index in [0.29, 0.717) is 37.7 Å². The molecule has 2 fully saturated rings. The Morgan fingerprint density at radius 1 is 1.37 bits per heavy atom. The van der Waals surface area contributed by atoms with Gasteiger partial charge in [-0.05, 0) is 20.3 Å². The minimum absolute atomic E-state index is 0.00551. The van der Waals surface area contributed by atoms with Crippen LogP contribution in [0.4, 0.5) is 0 Å². The van der Waals surface area contributed by atoms with Crippen molar-refractivity contribution < 1.29 is 18.7 Å². The van der Waals surface area contributed by atoms with Crippen molar-refractivity contribution >= 4 is 11.8 Å². The number of piperazine rings is 1. The third-order valence-corrected chi connectivity index (χ3v) is 4.92. The van der Waals surface area contributed by atoms with Gasteiger partial charge in [-0.2, -0.15) is 0 Å². The number of hydrogen-bond donors (Lipinski definition) is 2. The van der Waals surface area contributed by atoms with Crippen LogP contribution in [0.5, 0.6) is 0 Å². The number of hydrogen-bond acceptors (Lipinski definition) is 7. The van der Waals surface area contributed by atoms with Crippen LogP contribution < -0.4 is 10.6 Å². The Morgan fingerprint density at radius 2 is 2.15 bits per heavy atom. The number of carbonyl (C=O) groups excluding carboxylic acids is 2. The molecule has 150 valence electrons. The molecule has 9 nitrogen and oxygen atoms in total. The fourth-order valence-electron chi connectivity index (χ4n) is 3.57. The summed E-state index contributed by atoms with van der Waals surface area (Å²) in [7, 11) is 0. The van der Waals surface area contributed by atoms with Gasteiger partial charge < -0.3 is 19.8 Å². The summed E-state index contributed by atoms with van der Waals surface area (Å²) in [6.07, 6.45) is 1.18. The molecule has 0 saturated carbocycles. The predicted octanol–water partition coefficient (Wildman–Crippen LogP) is 0.218. The molecule has 1 aromatic heterocycles. The maximum Gasteiger partial charge on any atom is 0.246 e. The molecule has 3 atom stereocenters. The van der Waals surface area contributed by atoms with Gasteiger partial charge in [0.25, 0.3) is 0 Å². The fourth-order valence-corrected chi connectivity index (χ4v) is 3.57. The monoisotopic (exact) mass is 379 g/mol. The molecule has 2 saturated heterocycles. The number of ether oxygens (including phenoxy) is 1. The Morgan fingerprint density at radius 3 is 2.81 bits per heavy atom. The maximum absolute atomic E-state index is 12.3. The highest BCUT2D eigenvalue weighted by atomic mass is 16.5. The fraction of sp³-hybridized carbons (Fsp3) is 0.778. The van der Waals surface area contributed by atoms with Crippen LogP contribution in [0.15, 0.2) is 4.42 Å². The average Bonchev–Trinajstić information content (AvgIpc) is 3.23. The van der Waals surface area contributed by atoms with Gasteiger partial charge in [0.15, 0.2) is 0 Å². The van der Waals surface area contributed by atoms with E-state index < -0.39 is 0 Å². The number of nitrogens with one attached hydrogen (secondary N) is 2. The van der Waals surface area contributed by atoms with Crippen molar-refractivity contribution in [2.75, 3.05) is 19.7 Å². The van der Waals surface area contributed by atoms with Crippen molar-refractivity contribution in [1.82, 2.24) is 25.7 Å². The second-order valence-corrected chi connectivity index (χ2v) is 7.86. The van der Waals surface area contributed by atoms with Crippen molar-refractivity contribution in [3.63, 3.8) is 0 Å². The van der Waals surface area contributed by atoms with E-state index in [1.165, 1.54) is 0 Å². The summed E-state index contributed by atoms with van der Waals surface area (Å²) in [5.41, 5.74) is 0. The van der Waals surface area contributed by atoms with Gasteiger partial charge in [0.05, 0.1) is 12.1 Å². The minimum atomic E-state index is -0.243. The Hall–Kier alpha value is -2.00. The van der Waals surface area contributed by atoms with Crippen LogP contribution in [0.1, 0.15) is 51.8 Å². The van der Waals surface area contributed by atoms with Crippen LogP contribution in [0, 0.1) is 0 Å². The lowest BCUT2D eigenvalue weighted by atomic mass is 10.1. The summed E-state index contributed by atoms with van der Waals surface area (Å²) >= 11 is 0. The van der Waals surface area contributed by atoms with Crippen LogP contribution in [0.2, 0.25) is 0 Å². The molecule has 2 aliphatic heterocycles. The third kappa shape index (κ3) is 4.84. The quantitative estimate of drug-likeness (QED) is 0.697. The molecule has 0 spiro atoms. The molecule has 27 heavy (non-hydrogen) atoms. The predicted molar refractivity (Wildman–Crippen MR) is 97.0 cm³/mol. The molecule has 2 aliphatic rings. The van der Waals surface area contributed by atoms with Crippen LogP contribution in [-0.4, -0.2) is 70.8 Å². The van der Waals surface area contributed by atoms with Gasteiger partial charge in [0, 0.05) is 37.5 Å². The second-order valence-electron chi connectivity index (χ2n) is 7.86. The van der Waals surface area contributed by atoms with Crippen molar-refractivity contribution in [3.05, 3.63) is 11.8 Å². The Kier molecular flexibility index (Phi) is 6.11. The number of amides is 2. The highest BCUT2D eigenvalue weighted by Gasteiger charge is 2.44. The number of carbonyl (C=O) groups is 2. The van der Waals surface area contributed by atoms with E-state index in [2.05, 4.69) is 25.7 Å². The molecule has 0 radical (unpaired) electrons. The summed E-state index contributed by atoms with van der Waals surface area (Å²) in [5.74, 6) is 1.25. The van der Waals surface area contributed by atoms with Crippen molar-refractivity contribution in [3.8, 4) is 0 Å². The summed E-state index contributed by atoms with van der Waals surface area (Å²) in [5, 5.41) is 14.1. The number of nitrogens with zero attached hydrogens (tertiary/aromatic N) is 3.